The second kappa shape index (κ2) is 9.96. The summed E-state index contributed by atoms with van der Waals surface area (Å²) in [6, 6.07) is 5.47. The molecule has 6 heteroatoms. The van der Waals surface area contributed by atoms with Gasteiger partial charge in [0, 0.05) is 18.7 Å². The largest absolute Gasteiger partial charge is 0.504 e. The van der Waals surface area contributed by atoms with Gasteiger partial charge in [0.15, 0.2) is 17.5 Å². The van der Waals surface area contributed by atoms with E-state index in [1.165, 1.54) is 25.7 Å². The Morgan fingerprint density at radius 3 is 2.58 bits per heavy atom. The molecular weight excluding hydrogens is 417 g/mol. The number of hydrogen-bond acceptors (Lipinski definition) is 3. The Morgan fingerprint density at radius 1 is 1.29 bits per heavy atom. The molecule has 0 spiro atoms. The number of aliphatic imine (C=N–C) groups is 1. The molecule has 0 unspecified atom stereocenters. The third-order valence-corrected chi connectivity index (χ3v) is 4.85. The lowest BCUT2D eigenvalue weighted by Crippen LogP contribution is -2.46. The number of rotatable bonds is 7. The first kappa shape index (κ1) is 20.9. The summed E-state index contributed by atoms with van der Waals surface area (Å²) in [6.07, 6.45) is 5.14. The summed E-state index contributed by atoms with van der Waals surface area (Å²) in [7, 11) is 1.55. The molecule has 1 aromatic carbocycles. The van der Waals surface area contributed by atoms with E-state index in [4.69, 9.17) is 4.74 Å². The molecule has 0 heterocycles. The molecule has 136 valence electrons. The van der Waals surface area contributed by atoms with Crippen LogP contribution in [-0.2, 0) is 6.54 Å². The SMILES string of the molecule is CCNC(=NCc1cccc(OC)c1O)NCC1(CC)CCC1.I. The summed E-state index contributed by atoms with van der Waals surface area (Å²) < 4.78 is 5.14. The number of benzene rings is 1. The van der Waals surface area contributed by atoms with Crippen molar-refractivity contribution >= 4 is 29.9 Å². The zero-order chi connectivity index (χ0) is 16.7. The van der Waals surface area contributed by atoms with Crippen molar-refractivity contribution in [2.24, 2.45) is 10.4 Å². The Bertz CT molecular complexity index is 540. The van der Waals surface area contributed by atoms with Gasteiger partial charge in [-0.1, -0.05) is 25.5 Å². The Hall–Kier alpha value is -1.18. The molecule has 1 saturated carbocycles. The van der Waals surface area contributed by atoms with Gasteiger partial charge in [-0.25, -0.2) is 4.99 Å². The number of nitrogens with zero attached hydrogens (tertiary/aromatic N) is 1. The number of nitrogens with one attached hydrogen (secondary N) is 2. The van der Waals surface area contributed by atoms with Crippen molar-refractivity contribution in [3.05, 3.63) is 23.8 Å². The first-order valence-corrected chi connectivity index (χ1v) is 8.51. The van der Waals surface area contributed by atoms with Gasteiger partial charge < -0.3 is 20.5 Å². The van der Waals surface area contributed by atoms with Crippen molar-refractivity contribution in [2.45, 2.75) is 46.1 Å². The van der Waals surface area contributed by atoms with Crippen molar-refractivity contribution in [3.8, 4) is 11.5 Å². The van der Waals surface area contributed by atoms with E-state index >= 15 is 0 Å². The van der Waals surface area contributed by atoms with Crippen LogP contribution in [-0.4, -0.2) is 31.3 Å². The third-order valence-electron chi connectivity index (χ3n) is 4.85. The van der Waals surface area contributed by atoms with Crippen LogP contribution in [0.25, 0.3) is 0 Å². The second-order valence-electron chi connectivity index (χ2n) is 6.22. The molecule has 0 aliphatic heterocycles. The van der Waals surface area contributed by atoms with Gasteiger partial charge in [-0.2, -0.15) is 0 Å². The highest BCUT2D eigenvalue weighted by atomic mass is 127. The van der Waals surface area contributed by atoms with Crippen LogP contribution in [0.5, 0.6) is 11.5 Å². The van der Waals surface area contributed by atoms with E-state index in [2.05, 4.69) is 29.5 Å². The lowest BCUT2D eigenvalue weighted by atomic mass is 9.67. The van der Waals surface area contributed by atoms with Crippen LogP contribution >= 0.6 is 24.0 Å². The second-order valence-corrected chi connectivity index (χ2v) is 6.22. The normalized spacial score (nSPS) is 15.9. The first-order valence-electron chi connectivity index (χ1n) is 8.51. The van der Waals surface area contributed by atoms with Crippen molar-refractivity contribution < 1.29 is 9.84 Å². The topological polar surface area (TPSA) is 65.9 Å². The van der Waals surface area contributed by atoms with Crippen molar-refractivity contribution in [3.63, 3.8) is 0 Å². The van der Waals surface area contributed by atoms with E-state index in [1.54, 1.807) is 13.2 Å². The fourth-order valence-corrected chi connectivity index (χ4v) is 2.97. The van der Waals surface area contributed by atoms with E-state index < -0.39 is 0 Å². The minimum atomic E-state index is 0. The molecule has 3 N–H and O–H groups in total. The number of para-hydroxylation sites is 1. The van der Waals surface area contributed by atoms with Crippen molar-refractivity contribution in [1.29, 1.82) is 0 Å². The van der Waals surface area contributed by atoms with Crippen molar-refractivity contribution in [1.82, 2.24) is 10.6 Å². The van der Waals surface area contributed by atoms with E-state index in [-0.39, 0.29) is 29.7 Å². The minimum Gasteiger partial charge on any atom is -0.504 e. The molecule has 0 saturated heterocycles. The van der Waals surface area contributed by atoms with Crippen LogP contribution in [0.4, 0.5) is 0 Å². The average molecular weight is 447 g/mol. The Kier molecular flexibility index (Phi) is 8.66. The Labute approximate surface area is 162 Å². The van der Waals surface area contributed by atoms with Crippen LogP contribution in [0.3, 0.4) is 0 Å². The molecule has 24 heavy (non-hydrogen) atoms. The van der Waals surface area contributed by atoms with Gasteiger partial charge in [0.25, 0.3) is 0 Å². The number of methoxy groups -OCH3 is 1. The van der Waals surface area contributed by atoms with Gasteiger partial charge in [-0.3, -0.25) is 0 Å². The zero-order valence-electron chi connectivity index (χ0n) is 14.9. The number of hydrogen-bond donors (Lipinski definition) is 3. The molecule has 0 radical (unpaired) electrons. The van der Waals surface area contributed by atoms with Crippen LogP contribution in [0.2, 0.25) is 0 Å². The molecule has 0 bridgehead atoms. The van der Waals surface area contributed by atoms with Crippen LogP contribution in [0.15, 0.2) is 23.2 Å². The standard InChI is InChI=1S/C18H29N3O2.HI/c1-4-18(10-7-11-18)13-21-17(19-5-2)20-12-14-8-6-9-15(23-3)16(14)22;/h6,8-9,22H,4-5,7,10-13H2,1-3H3,(H2,19,20,21);1H. The number of phenols is 1. The molecule has 0 aromatic heterocycles. The Morgan fingerprint density at radius 2 is 2.04 bits per heavy atom. The number of phenolic OH excluding ortho intramolecular Hbond substituents is 1. The highest BCUT2D eigenvalue weighted by molar-refractivity contribution is 14.0. The van der Waals surface area contributed by atoms with Crippen LogP contribution in [0.1, 0.15) is 45.1 Å². The molecule has 1 aliphatic carbocycles. The lowest BCUT2D eigenvalue weighted by molar-refractivity contribution is 0.131. The van der Waals surface area contributed by atoms with Gasteiger partial charge in [0.2, 0.25) is 0 Å². The molecule has 0 amide bonds. The number of guanidine groups is 1. The lowest BCUT2D eigenvalue weighted by Gasteiger charge is -2.41. The fourth-order valence-electron chi connectivity index (χ4n) is 2.97. The molecule has 1 aliphatic rings. The van der Waals surface area contributed by atoms with E-state index in [0.29, 0.717) is 17.7 Å². The summed E-state index contributed by atoms with van der Waals surface area (Å²) in [5, 5.41) is 16.9. The predicted octanol–water partition coefficient (Wildman–Crippen LogP) is 3.65. The quantitative estimate of drug-likeness (QED) is 0.339. The maximum atomic E-state index is 10.1. The smallest absolute Gasteiger partial charge is 0.191 e. The summed E-state index contributed by atoms with van der Waals surface area (Å²) >= 11 is 0. The van der Waals surface area contributed by atoms with Gasteiger partial charge in [-0.15, -0.1) is 24.0 Å². The third kappa shape index (κ3) is 5.16. The zero-order valence-corrected chi connectivity index (χ0v) is 17.2. The molecule has 5 nitrogen and oxygen atoms in total. The van der Waals surface area contributed by atoms with E-state index in [0.717, 1.165) is 24.6 Å². The van der Waals surface area contributed by atoms with Gasteiger partial charge in [0.1, 0.15) is 0 Å². The van der Waals surface area contributed by atoms with Crippen LogP contribution < -0.4 is 15.4 Å². The molecular formula is C18H30IN3O2. The summed E-state index contributed by atoms with van der Waals surface area (Å²) in [5.74, 6) is 1.45. The first-order chi connectivity index (χ1) is 11.1. The summed E-state index contributed by atoms with van der Waals surface area (Å²) in [5.41, 5.74) is 1.20. The highest BCUT2D eigenvalue weighted by Gasteiger charge is 2.34. The predicted molar refractivity (Wildman–Crippen MR) is 109 cm³/mol. The van der Waals surface area contributed by atoms with E-state index in [9.17, 15) is 5.11 Å². The number of aromatic hydroxyl groups is 1. The fraction of sp³-hybridized carbons (Fsp3) is 0.611. The van der Waals surface area contributed by atoms with E-state index in [1.807, 2.05) is 12.1 Å². The van der Waals surface area contributed by atoms with Gasteiger partial charge >= 0.3 is 0 Å². The summed E-state index contributed by atoms with van der Waals surface area (Å²) in [4.78, 5) is 4.59. The molecule has 1 aromatic rings. The minimum absolute atomic E-state index is 0. The number of halogens is 1. The maximum Gasteiger partial charge on any atom is 0.191 e. The number of ether oxygens (including phenoxy) is 1. The Balaban J connectivity index is 0.00000288. The molecule has 2 rings (SSSR count). The molecule has 1 fully saturated rings. The highest BCUT2D eigenvalue weighted by Crippen LogP contribution is 2.43. The maximum absolute atomic E-state index is 10.1. The van der Waals surface area contributed by atoms with Gasteiger partial charge in [-0.05, 0) is 37.7 Å². The van der Waals surface area contributed by atoms with Gasteiger partial charge in [0.05, 0.1) is 13.7 Å². The average Bonchev–Trinajstić information content (AvgIpc) is 2.53. The molecule has 0 atom stereocenters. The monoisotopic (exact) mass is 447 g/mol. The van der Waals surface area contributed by atoms with Crippen LogP contribution in [0, 0.1) is 5.41 Å². The summed E-state index contributed by atoms with van der Waals surface area (Å²) in [6.45, 7) is 6.50. The van der Waals surface area contributed by atoms with Crippen molar-refractivity contribution in [2.75, 3.05) is 20.2 Å².